The standard InChI is InChI=1S/C22H24N6O3/c1-16-20(24-23-18-12-6-7-13-19(18)28(30)31)22(29)27(25-16)21(17-10-4-2-5-11-17)26-14-8-3-9-15-26/h2,4-7,10-13,20-21H,3,8-9,14-15H2,1H3. The predicted octanol–water partition coefficient (Wildman–Crippen LogP) is 4.45. The molecule has 0 spiro atoms. The lowest BCUT2D eigenvalue weighted by atomic mass is 10.1. The van der Waals surface area contributed by atoms with Gasteiger partial charge in [-0.25, -0.2) is 5.01 Å². The van der Waals surface area contributed by atoms with Gasteiger partial charge in [0.2, 0.25) is 0 Å². The summed E-state index contributed by atoms with van der Waals surface area (Å²) in [4.78, 5) is 26.3. The molecule has 2 aliphatic rings. The monoisotopic (exact) mass is 420 g/mol. The summed E-state index contributed by atoms with van der Waals surface area (Å²) in [5, 5.41) is 25.4. The van der Waals surface area contributed by atoms with Gasteiger partial charge in [-0.05, 0) is 31.4 Å². The molecular weight excluding hydrogens is 396 g/mol. The molecule has 1 saturated heterocycles. The minimum absolute atomic E-state index is 0.113. The van der Waals surface area contributed by atoms with E-state index in [1.807, 2.05) is 30.3 Å². The number of carbonyl (C=O) groups is 1. The van der Waals surface area contributed by atoms with Crippen LogP contribution in [0.5, 0.6) is 0 Å². The highest BCUT2D eigenvalue weighted by Gasteiger charge is 2.41. The van der Waals surface area contributed by atoms with E-state index < -0.39 is 11.0 Å². The van der Waals surface area contributed by atoms with E-state index in [2.05, 4.69) is 20.2 Å². The third-order valence-electron chi connectivity index (χ3n) is 5.55. The molecule has 160 valence electrons. The van der Waals surface area contributed by atoms with Crippen molar-refractivity contribution in [2.24, 2.45) is 15.3 Å². The summed E-state index contributed by atoms with van der Waals surface area (Å²) in [5.41, 5.74) is 1.47. The topological polar surface area (TPSA) is 104 Å². The molecule has 2 aliphatic heterocycles. The summed E-state index contributed by atoms with van der Waals surface area (Å²) < 4.78 is 0. The van der Waals surface area contributed by atoms with Crippen molar-refractivity contribution in [2.75, 3.05) is 13.1 Å². The Labute approximate surface area is 180 Å². The van der Waals surface area contributed by atoms with E-state index >= 15 is 0 Å². The minimum Gasteiger partial charge on any atom is -0.278 e. The summed E-state index contributed by atoms with van der Waals surface area (Å²) in [6.45, 7) is 3.51. The number of carbonyl (C=O) groups excluding carboxylic acids is 1. The Bertz CT molecular complexity index is 1020. The number of likely N-dealkylation sites (tertiary alicyclic amines) is 1. The zero-order valence-electron chi connectivity index (χ0n) is 17.3. The van der Waals surface area contributed by atoms with Crippen molar-refractivity contribution >= 4 is 23.0 Å². The molecule has 2 aromatic carbocycles. The third kappa shape index (κ3) is 4.36. The van der Waals surface area contributed by atoms with Crippen molar-refractivity contribution in [2.45, 2.75) is 38.4 Å². The van der Waals surface area contributed by atoms with E-state index in [4.69, 9.17) is 0 Å². The molecule has 2 aromatic rings. The number of nitro benzene ring substituents is 1. The van der Waals surface area contributed by atoms with Gasteiger partial charge in [-0.1, -0.05) is 48.9 Å². The summed E-state index contributed by atoms with van der Waals surface area (Å²) in [6, 6.07) is 15.0. The minimum atomic E-state index is -0.893. The van der Waals surface area contributed by atoms with E-state index in [1.165, 1.54) is 23.6 Å². The molecule has 4 rings (SSSR count). The van der Waals surface area contributed by atoms with Gasteiger partial charge in [0.1, 0.15) is 6.17 Å². The molecule has 0 aliphatic carbocycles. The van der Waals surface area contributed by atoms with Crippen molar-refractivity contribution in [3.8, 4) is 0 Å². The van der Waals surface area contributed by atoms with E-state index in [0.29, 0.717) is 5.71 Å². The van der Waals surface area contributed by atoms with Gasteiger partial charge in [-0.3, -0.25) is 19.8 Å². The van der Waals surface area contributed by atoms with Gasteiger partial charge in [-0.15, -0.1) is 5.11 Å². The second-order valence-electron chi connectivity index (χ2n) is 7.67. The maximum absolute atomic E-state index is 13.3. The first-order valence-corrected chi connectivity index (χ1v) is 10.4. The van der Waals surface area contributed by atoms with Crippen LogP contribution in [0.2, 0.25) is 0 Å². The van der Waals surface area contributed by atoms with Crippen LogP contribution in [0.15, 0.2) is 69.9 Å². The molecule has 0 radical (unpaired) electrons. The molecule has 9 heteroatoms. The second kappa shape index (κ2) is 9.13. The number of rotatable bonds is 6. The molecule has 0 aromatic heterocycles. The fraction of sp³-hybridized carbons (Fsp3) is 0.364. The number of azo groups is 1. The van der Waals surface area contributed by atoms with Crippen LogP contribution in [0.1, 0.15) is 37.9 Å². The molecule has 2 heterocycles. The van der Waals surface area contributed by atoms with Crippen LogP contribution in [0.25, 0.3) is 0 Å². The van der Waals surface area contributed by atoms with Crippen LogP contribution in [0.3, 0.4) is 0 Å². The van der Waals surface area contributed by atoms with E-state index in [0.717, 1.165) is 31.5 Å². The number of hydrogen-bond acceptors (Lipinski definition) is 7. The van der Waals surface area contributed by atoms with Crippen LogP contribution in [0.4, 0.5) is 11.4 Å². The van der Waals surface area contributed by atoms with Crippen molar-refractivity contribution in [3.05, 3.63) is 70.3 Å². The van der Waals surface area contributed by atoms with E-state index in [-0.39, 0.29) is 23.4 Å². The van der Waals surface area contributed by atoms with Gasteiger partial charge in [0.15, 0.2) is 11.7 Å². The van der Waals surface area contributed by atoms with Crippen LogP contribution >= 0.6 is 0 Å². The Morgan fingerprint density at radius 1 is 1.06 bits per heavy atom. The van der Waals surface area contributed by atoms with Gasteiger partial charge >= 0.3 is 0 Å². The Morgan fingerprint density at radius 3 is 2.45 bits per heavy atom. The first kappa shape index (κ1) is 20.8. The summed E-state index contributed by atoms with van der Waals surface area (Å²) in [7, 11) is 0. The zero-order chi connectivity index (χ0) is 21.8. The molecular formula is C22H24N6O3. The average molecular weight is 420 g/mol. The number of amides is 1. The molecule has 2 atom stereocenters. The lowest BCUT2D eigenvalue weighted by Crippen LogP contribution is -2.44. The second-order valence-corrected chi connectivity index (χ2v) is 7.67. The highest BCUT2D eigenvalue weighted by Crippen LogP contribution is 2.33. The first-order valence-electron chi connectivity index (χ1n) is 10.4. The van der Waals surface area contributed by atoms with Gasteiger partial charge in [0, 0.05) is 19.2 Å². The number of nitrogens with zero attached hydrogens (tertiary/aromatic N) is 6. The number of hydrazone groups is 1. The molecule has 1 fully saturated rings. The van der Waals surface area contributed by atoms with Crippen LogP contribution in [0, 0.1) is 10.1 Å². The number of nitro groups is 1. The lowest BCUT2D eigenvalue weighted by molar-refractivity contribution is -0.384. The summed E-state index contributed by atoms with van der Waals surface area (Å²) in [5.74, 6) is -0.278. The van der Waals surface area contributed by atoms with E-state index in [9.17, 15) is 14.9 Å². The summed E-state index contributed by atoms with van der Waals surface area (Å²) >= 11 is 0. The number of benzene rings is 2. The Morgan fingerprint density at radius 2 is 1.74 bits per heavy atom. The van der Waals surface area contributed by atoms with Gasteiger partial charge < -0.3 is 0 Å². The number of piperidine rings is 1. The summed E-state index contributed by atoms with van der Waals surface area (Å²) in [6.07, 6.45) is 3.03. The van der Waals surface area contributed by atoms with Crippen LogP contribution in [-0.2, 0) is 4.79 Å². The SMILES string of the molecule is CC1=NN(C(c2ccccc2)N2CCCCC2)C(=O)C1N=Nc1ccccc1[N+](=O)[O-]. The molecule has 1 amide bonds. The van der Waals surface area contributed by atoms with Crippen molar-refractivity contribution in [1.29, 1.82) is 0 Å². The smallest absolute Gasteiger partial charge is 0.278 e. The number of para-hydroxylation sites is 1. The fourth-order valence-electron chi connectivity index (χ4n) is 4.00. The highest BCUT2D eigenvalue weighted by atomic mass is 16.6. The molecule has 2 unspecified atom stereocenters. The molecule has 9 nitrogen and oxygen atoms in total. The third-order valence-corrected chi connectivity index (χ3v) is 5.55. The van der Waals surface area contributed by atoms with Crippen LogP contribution in [-0.4, -0.2) is 45.6 Å². The Kier molecular flexibility index (Phi) is 6.13. The van der Waals surface area contributed by atoms with Crippen molar-refractivity contribution in [3.63, 3.8) is 0 Å². The van der Waals surface area contributed by atoms with Crippen molar-refractivity contribution in [1.82, 2.24) is 9.91 Å². The maximum Gasteiger partial charge on any atom is 0.296 e. The first-order chi connectivity index (χ1) is 15.1. The van der Waals surface area contributed by atoms with Crippen molar-refractivity contribution < 1.29 is 9.72 Å². The number of hydrogen-bond donors (Lipinski definition) is 0. The Hall–Kier alpha value is -3.46. The molecule has 0 bridgehead atoms. The highest BCUT2D eigenvalue weighted by molar-refractivity contribution is 6.10. The molecule has 31 heavy (non-hydrogen) atoms. The predicted molar refractivity (Wildman–Crippen MR) is 116 cm³/mol. The Balaban J connectivity index is 1.62. The maximum atomic E-state index is 13.3. The zero-order valence-corrected chi connectivity index (χ0v) is 17.3. The quantitative estimate of drug-likeness (QED) is 0.391. The molecule has 0 N–H and O–H groups in total. The largest absolute Gasteiger partial charge is 0.296 e. The normalized spacial score (nSPS) is 20.8. The lowest BCUT2D eigenvalue weighted by Gasteiger charge is -2.38. The van der Waals surface area contributed by atoms with Gasteiger partial charge in [0.25, 0.3) is 11.6 Å². The fourth-order valence-corrected chi connectivity index (χ4v) is 4.00. The van der Waals surface area contributed by atoms with Crippen LogP contribution < -0.4 is 0 Å². The van der Waals surface area contributed by atoms with Gasteiger partial charge in [-0.2, -0.15) is 10.2 Å². The van der Waals surface area contributed by atoms with E-state index in [1.54, 1.807) is 19.1 Å². The van der Waals surface area contributed by atoms with Gasteiger partial charge in [0.05, 0.1) is 10.6 Å². The molecule has 0 saturated carbocycles. The average Bonchev–Trinajstić information content (AvgIpc) is 3.07.